The number of amides is 1. The summed E-state index contributed by atoms with van der Waals surface area (Å²) in [5.74, 6) is 0.0314. The molecule has 1 heterocycles. The number of carbonyl (C=O) groups excluding carboxylic acids is 1. The molecular weight excluding hydrogens is 168 g/mol. The van der Waals surface area contributed by atoms with Crippen LogP contribution < -0.4 is 5.32 Å². The van der Waals surface area contributed by atoms with Crippen LogP contribution in [0.1, 0.15) is 20.3 Å². The Labute approximate surface area is 78.9 Å². The maximum atomic E-state index is 10.7. The third-order valence-corrected chi connectivity index (χ3v) is 2.20. The molecule has 2 N–H and O–H groups in total. The van der Waals surface area contributed by atoms with Crippen LogP contribution in [0.5, 0.6) is 0 Å². The molecule has 0 aromatic heterocycles. The number of aliphatic hydroxyl groups is 1. The number of likely N-dealkylation sites (tertiary alicyclic amines) is 1. The van der Waals surface area contributed by atoms with E-state index in [1.807, 2.05) is 0 Å². The minimum Gasteiger partial charge on any atom is -0.392 e. The van der Waals surface area contributed by atoms with Crippen molar-refractivity contribution < 1.29 is 9.90 Å². The second kappa shape index (κ2) is 4.58. The lowest BCUT2D eigenvalue weighted by Gasteiger charge is -2.17. The normalized spacial score (nSPS) is 25.9. The van der Waals surface area contributed by atoms with Crippen molar-refractivity contribution in [2.45, 2.75) is 32.4 Å². The Balaban J connectivity index is 2.24. The predicted octanol–water partition coefficient (Wildman–Crippen LogP) is -0.422. The van der Waals surface area contributed by atoms with E-state index in [0.29, 0.717) is 6.54 Å². The van der Waals surface area contributed by atoms with Gasteiger partial charge < -0.3 is 10.4 Å². The van der Waals surface area contributed by atoms with Crippen LogP contribution >= 0.6 is 0 Å². The number of nitrogens with zero attached hydrogens (tertiary/aromatic N) is 1. The van der Waals surface area contributed by atoms with E-state index < -0.39 is 0 Å². The van der Waals surface area contributed by atoms with E-state index in [4.69, 9.17) is 5.11 Å². The number of rotatable bonds is 3. The highest BCUT2D eigenvalue weighted by Crippen LogP contribution is 2.09. The zero-order chi connectivity index (χ0) is 9.84. The van der Waals surface area contributed by atoms with Crippen LogP contribution in [0, 0.1) is 0 Å². The topological polar surface area (TPSA) is 52.6 Å². The van der Waals surface area contributed by atoms with Crippen LogP contribution in [-0.4, -0.2) is 47.7 Å². The van der Waals surface area contributed by atoms with Crippen molar-refractivity contribution in [2.24, 2.45) is 0 Å². The Morgan fingerprint density at radius 1 is 1.77 bits per heavy atom. The van der Waals surface area contributed by atoms with E-state index >= 15 is 0 Å². The van der Waals surface area contributed by atoms with Gasteiger partial charge in [-0.15, -0.1) is 0 Å². The molecule has 0 spiro atoms. The Hall–Kier alpha value is -0.610. The summed E-state index contributed by atoms with van der Waals surface area (Å²) in [6, 6.07) is 0.274. The lowest BCUT2D eigenvalue weighted by Crippen LogP contribution is -2.37. The van der Waals surface area contributed by atoms with Gasteiger partial charge >= 0.3 is 0 Å². The molecular formula is C9H18N2O2. The molecule has 1 fully saturated rings. The first-order valence-corrected chi connectivity index (χ1v) is 4.75. The minimum absolute atomic E-state index is 0.0314. The van der Waals surface area contributed by atoms with Gasteiger partial charge in [0.25, 0.3) is 0 Å². The molecule has 4 nitrogen and oxygen atoms in total. The molecule has 0 aromatic carbocycles. The highest BCUT2D eigenvalue weighted by atomic mass is 16.3. The standard InChI is InChI=1S/C9H18N2O2/c1-7(12)5-11-4-3-9(6-11)10-8(2)13/h7,9,12H,3-6H2,1-2H3,(H,10,13)/t7-,9?/m0/s1. The first kappa shape index (κ1) is 10.5. The second-order valence-corrected chi connectivity index (χ2v) is 3.79. The highest BCUT2D eigenvalue weighted by Gasteiger charge is 2.23. The fourth-order valence-corrected chi connectivity index (χ4v) is 1.78. The van der Waals surface area contributed by atoms with E-state index in [1.54, 1.807) is 6.92 Å². The van der Waals surface area contributed by atoms with Gasteiger partial charge in [0.05, 0.1) is 6.10 Å². The van der Waals surface area contributed by atoms with Crippen molar-refractivity contribution in [3.8, 4) is 0 Å². The molecule has 0 aromatic rings. The molecule has 1 aliphatic heterocycles. The first-order valence-electron chi connectivity index (χ1n) is 4.75. The van der Waals surface area contributed by atoms with Gasteiger partial charge in [-0.2, -0.15) is 0 Å². The summed E-state index contributed by atoms with van der Waals surface area (Å²) in [5.41, 5.74) is 0. The smallest absolute Gasteiger partial charge is 0.217 e. The zero-order valence-electron chi connectivity index (χ0n) is 8.29. The van der Waals surface area contributed by atoms with E-state index in [-0.39, 0.29) is 18.1 Å². The number of hydrogen-bond donors (Lipinski definition) is 2. The van der Waals surface area contributed by atoms with Crippen molar-refractivity contribution >= 4 is 5.91 Å². The van der Waals surface area contributed by atoms with Gasteiger partial charge in [0, 0.05) is 32.6 Å². The van der Waals surface area contributed by atoms with Crippen molar-refractivity contribution in [3.63, 3.8) is 0 Å². The molecule has 2 atom stereocenters. The summed E-state index contributed by atoms with van der Waals surface area (Å²) in [4.78, 5) is 12.9. The fraction of sp³-hybridized carbons (Fsp3) is 0.889. The zero-order valence-corrected chi connectivity index (χ0v) is 8.29. The lowest BCUT2D eigenvalue weighted by atomic mass is 10.2. The Kier molecular flexibility index (Phi) is 3.69. The molecule has 1 unspecified atom stereocenters. The Bertz CT molecular complexity index is 182. The van der Waals surface area contributed by atoms with Gasteiger partial charge in [-0.1, -0.05) is 0 Å². The van der Waals surface area contributed by atoms with E-state index in [2.05, 4.69) is 10.2 Å². The fourth-order valence-electron chi connectivity index (χ4n) is 1.78. The molecule has 0 saturated carbocycles. The summed E-state index contributed by atoms with van der Waals surface area (Å²) in [6.07, 6.45) is 0.711. The summed E-state index contributed by atoms with van der Waals surface area (Å²) in [5, 5.41) is 12.0. The maximum absolute atomic E-state index is 10.7. The third kappa shape index (κ3) is 3.74. The molecule has 1 amide bonds. The highest BCUT2D eigenvalue weighted by molar-refractivity contribution is 5.73. The van der Waals surface area contributed by atoms with Gasteiger partial charge in [0.15, 0.2) is 0 Å². The van der Waals surface area contributed by atoms with Crippen LogP contribution in [-0.2, 0) is 4.79 Å². The maximum Gasteiger partial charge on any atom is 0.217 e. The van der Waals surface area contributed by atoms with Gasteiger partial charge in [-0.05, 0) is 13.3 Å². The minimum atomic E-state index is -0.281. The lowest BCUT2D eigenvalue weighted by molar-refractivity contribution is -0.119. The summed E-state index contributed by atoms with van der Waals surface area (Å²) < 4.78 is 0. The summed E-state index contributed by atoms with van der Waals surface area (Å²) >= 11 is 0. The molecule has 76 valence electrons. The van der Waals surface area contributed by atoms with Crippen LogP contribution in [0.3, 0.4) is 0 Å². The number of nitrogens with one attached hydrogen (secondary N) is 1. The Morgan fingerprint density at radius 2 is 2.46 bits per heavy atom. The quantitative estimate of drug-likeness (QED) is 0.629. The van der Waals surface area contributed by atoms with Gasteiger partial charge in [0.2, 0.25) is 5.91 Å². The monoisotopic (exact) mass is 186 g/mol. The van der Waals surface area contributed by atoms with Crippen molar-refractivity contribution in [3.05, 3.63) is 0 Å². The number of aliphatic hydroxyl groups excluding tert-OH is 1. The predicted molar refractivity (Wildman–Crippen MR) is 50.3 cm³/mol. The SMILES string of the molecule is CC(=O)NC1CCN(C[C@H](C)O)C1. The summed E-state index contributed by atoms with van der Waals surface area (Å²) in [6.45, 7) is 5.86. The van der Waals surface area contributed by atoms with Crippen LogP contribution in [0.15, 0.2) is 0 Å². The number of carbonyl (C=O) groups is 1. The van der Waals surface area contributed by atoms with Gasteiger partial charge in [-0.25, -0.2) is 0 Å². The largest absolute Gasteiger partial charge is 0.392 e. The first-order chi connectivity index (χ1) is 6.08. The van der Waals surface area contributed by atoms with Crippen LogP contribution in [0.2, 0.25) is 0 Å². The van der Waals surface area contributed by atoms with E-state index in [1.165, 1.54) is 6.92 Å². The molecule has 0 radical (unpaired) electrons. The molecule has 1 rings (SSSR count). The van der Waals surface area contributed by atoms with Crippen molar-refractivity contribution in [1.29, 1.82) is 0 Å². The molecule has 1 aliphatic rings. The van der Waals surface area contributed by atoms with Crippen LogP contribution in [0.4, 0.5) is 0 Å². The van der Waals surface area contributed by atoms with Crippen LogP contribution in [0.25, 0.3) is 0 Å². The second-order valence-electron chi connectivity index (χ2n) is 3.79. The Morgan fingerprint density at radius 3 is 3.00 bits per heavy atom. The molecule has 13 heavy (non-hydrogen) atoms. The van der Waals surface area contributed by atoms with Gasteiger partial charge in [-0.3, -0.25) is 9.69 Å². The van der Waals surface area contributed by atoms with Crippen molar-refractivity contribution in [2.75, 3.05) is 19.6 Å². The molecule has 0 bridgehead atoms. The summed E-state index contributed by atoms with van der Waals surface area (Å²) in [7, 11) is 0. The molecule has 4 heteroatoms. The van der Waals surface area contributed by atoms with Crippen molar-refractivity contribution in [1.82, 2.24) is 10.2 Å². The van der Waals surface area contributed by atoms with Gasteiger partial charge in [0.1, 0.15) is 0 Å². The number of β-amino-alcohol motifs (C(OH)–C–C–N with tert-alkyl or cyclic N) is 1. The average molecular weight is 186 g/mol. The van der Waals surface area contributed by atoms with E-state index in [0.717, 1.165) is 19.5 Å². The average Bonchev–Trinajstić information content (AvgIpc) is 2.33. The third-order valence-electron chi connectivity index (χ3n) is 2.20. The number of hydrogen-bond acceptors (Lipinski definition) is 3. The molecule has 1 saturated heterocycles. The van der Waals surface area contributed by atoms with E-state index in [9.17, 15) is 4.79 Å². The molecule has 0 aliphatic carbocycles.